The van der Waals surface area contributed by atoms with E-state index in [2.05, 4.69) is 25.5 Å². The van der Waals surface area contributed by atoms with Crippen molar-refractivity contribution in [3.8, 4) is 0 Å². The van der Waals surface area contributed by atoms with Gasteiger partial charge in [-0.1, -0.05) is 12.1 Å². The van der Waals surface area contributed by atoms with Gasteiger partial charge in [0.25, 0.3) is 0 Å². The zero-order valence-corrected chi connectivity index (χ0v) is 15.5. The van der Waals surface area contributed by atoms with Gasteiger partial charge in [0, 0.05) is 23.2 Å². The van der Waals surface area contributed by atoms with E-state index in [1.165, 1.54) is 24.3 Å². The van der Waals surface area contributed by atoms with Gasteiger partial charge < -0.3 is 10.4 Å². The number of para-hydroxylation sites is 1. The van der Waals surface area contributed by atoms with Crippen molar-refractivity contribution in [3.05, 3.63) is 60.2 Å². The largest absolute Gasteiger partial charge is 0.465 e. The summed E-state index contributed by atoms with van der Waals surface area (Å²) in [4.78, 5) is 21.9. The number of fused-ring (bicyclic) bond motifs is 1. The van der Waals surface area contributed by atoms with Gasteiger partial charge in [-0.05, 0) is 43.3 Å². The van der Waals surface area contributed by atoms with Crippen molar-refractivity contribution >= 4 is 40.0 Å². The number of amides is 1. The summed E-state index contributed by atoms with van der Waals surface area (Å²) in [7, 11) is 0. The van der Waals surface area contributed by atoms with Crippen molar-refractivity contribution in [3.63, 3.8) is 0 Å². The number of nitrogens with zero attached hydrogens (tertiary/aromatic N) is 5. The summed E-state index contributed by atoms with van der Waals surface area (Å²) in [5, 5.41) is 21.7. The van der Waals surface area contributed by atoms with Crippen molar-refractivity contribution in [2.75, 3.05) is 10.2 Å². The van der Waals surface area contributed by atoms with Gasteiger partial charge in [-0.15, -0.1) is 5.10 Å². The average molecular weight is 392 g/mol. The monoisotopic (exact) mass is 392 g/mol. The first-order chi connectivity index (χ1) is 14.0. The zero-order valence-electron chi connectivity index (χ0n) is 15.5. The Kier molecular flexibility index (Phi) is 4.86. The van der Waals surface area contributed by atoms with Gasteiger partial charge in [-0.3, -0.25) is 4.90 Å². The molecule has 0 atom stereocenters. The van der Waals surface area contributed by atoms with E-state index in [1.54, 1.807) is 0 Å². The number of rotatable bonds is 4. The molecule has 0 saturated carbocycles. The molecule has 0 radical (unpaired) electrons. The first-order valence-corrected chi connectivity index (χ1v) is 8.88. The lowest BCUT2D eigenvalue weighted by molar-refractivity contribution is 0.201. The van der Waals surface area contributed by atoms with Gasteiger partial charge in [-0.25, -0.2) is 19.2 Å². The predicted molar refractivity (Wildman–Crippen MR) is 109 cm³/mol. The second-order valence-electron chi connectivity index (χ2n) is 6.53. The van der Waals surface area contributed by atoms with E-state index < -0.39 is 11.9 Å². The Morgan fingerprint density at radius 1 is 1.14 bits per heavy atom. The summed E-state index contributed by atoms with van der Waals surface area (Å²) in [6.07, 6.45) is -0.600. The van der Waals surface area contributed by atoms with Gasteiger partial charge in [-0.2, -0.15) is 5.10 Å². The molecule has 2 aromatic carbocycles. The fourth-order valence-corrected chi connectivity index (χ4v) is 2.99. The molecule has 2 heterocycles. The van der Waals surface area contributed by atoms with Crippen LogP contribution in [0.3, 0.4) is 0 Å². The second-order valence-corrected chi connectivity index (χ2v) is 6.53. The number of carboxylic acid groups (broad SMARTS) is 1. The van der Waals surface area contributed by atoms with E-state index in [9.17, 15) is 14.3 Å². The Morgan fingerprint density at radius 2 is 1.90 bits per heavy atom. The van der Waals surface area contributed by atoms with Crippen LogP contribution in [0.4, 0.5) is 20.7 Å². The third-order valence-corrected chi connectivity index (χ3v) is 4.35. The van der Waals surface area contributed by atoms with Crippen molar-refractivity contribution in [2.24, 2.45) is 10.2 Å². The third kappa shape index (κ3) is 4.03. The summed E-state index contributed by atoms with van der Waals surface area (Å²) in [5.74, 6) is 1.04. The molecule has 1 aliphatic rings. The summed E-state index contributed by atoms with van der Waals surface area (Å²) < 4.78 is 13.2. The van der Waals surface area contributed by atoms with Gasteiger partial charge in [0.2, 0.25) is 0 Å². The maximum atomic E-state index is 13.2. The molecule has 0 spiro atoms. The van der Waals surface area contributed by atoms with Crippen LogP contribution in [0.25, 0.3) is 10.9 Å². The molecule has 146 valence electrons. The number of benzene rings is 2. The SMILES string of the molecule is CC1=NN=C(Nc2nc(CN(C(=O)O)c3ccc(F)cc3)nc3ccccc23)C1. The fraction of sp³-hybridized carbons (Fsp3) is 0.150. The number of hydrogen-bond acceptors (Lipinski definition) is 6. The molecule has 0 saturated heterocycles. The van der Waals surface area contributed by atoms with Crippen molar-refractivity contribution in [1.82, 2.24) is 9.97 Å². The van der Waals surface area contributed by atoms with Crippen molar-refractivity contribution in [1.29, 1.82) is 0 Å². The van der Waals surface area contributed by atoms with Gasteiger partial charge in [0.1, 0.15) is 17.5 Å². The van der Waals surface area contributed by atoms with E-state index in [4.69, 9.17) is 0 Å². The molecule has 0 aliphatic carbocycles. The van der Waals surface area contributed by atoms with Crippen molar-refractivity contribution in [2.45, 2.75) is 19.9 Å². The minimum Gasteiger partial charge on any atom is -0.465 e. The summed E-state index contributed by atoms with van der Waals surface area (Å²) in [5.41, 5.74) is 1.88. The number of amidine groups is 1. The molecule has 4 rings (SSSR count). The molecule has 0 unspecified atom stereocenters. The molecule has 1 aliphatic heterocycles. The molecule has 9 heteroatoms. The Bertz CT molecular complexity index is 1140. The van der Waals surface area contributed by atoms with Crippen LogP contribution in [-0.2, 0) is 6.54 Å². The minimum atomic E-state index is -1.19. The van der Waals surface area contributed by atoms with Crippen LogP contribution in [0, 0.1) is 5.82 Å². The van der Waals surface area contributed by atoms with Crippen LogP contribution in [0.1, 0.15) is 19.2 Å². The Morgan fingerprint density at radius 3 is 2.59 bits per heavy atom. The first kappa shape index (κ1) is 18.5. The number of halogens is 1. The lowest BCUT2D eigenvalue weighted by Crippen LogP contribution is -2.29. The van der Waals surface area contributed by atoms with Crippen LogP contribution >= 0.6 is 0 Å². The van der Waals surface area contributed by atoms with Crippen LogP contribution in [0.2, 0.25) is 0 Å². The number of anilines is 2. The standard InChI is InChI=1S/C20H17FN6O2/c1-12-10-17(26-25-12)23-19-15-4-2-3-5-16(15)22-18(24-19)11-27(20(28)29)14-8-6-13(21)7-9-14/h2-9H,10-11H2,1H3,(H,28,29)(H,22,23,24,26). The zero-order chi connectivity index (χ0) is 20.4. The van der Waals surface area contributed by atoms with E-state index in [0.29, 0.717) is 35.1 Å². The maximum absolute atomic E-state index is 13.2. The first-order valence-electron chi connectivity index (χ1n) is 8.88. The second kappa shape index (κ2) is 7.63. The maximum Gasteiger partial charge on any atom is 0.412 e. The fourth-order valence-electron chi connectivity index (χ4n) is 2.99. The lowest BCUT2D eigenvalue weighted by atomic mass is 10.2. The average Bonchev–Trinajstić information content (AvgIpc) is 3.11. The highest BCUT2D eigenvalue weighted by atomic mass is 19.1. The van der Waals surface area contributed by atoms with Crippen LogP contribution in [0.15, 0.2) is 58.7 Å². The highest BCUT2D eigenvalue weighted by molar-refractivity contribution is 6.12. The molecular formula is C20H17FN6O2. The number of nitrogens with one attached hydrogen (secondary N) is 1. The van der Waals surface area contributed by atoms with Gasteiger partial charge >= 0.3 is 6.09 Å². The smallest absolute Gasteiger partial charge is 0.412 e. The number of hydrogen-bond donors (Lipinski definition) is 2. The summed E-state index contributed by atoms with van der Waals surface area (Å²) in [6.45, 7) is 1.79. The summed E-state index contributed by atoms with van der Waals surface area (Å²) >= 11 is 0. The van der Waals surface area contributed by atoms with Crippen LogP contribution in [0.5, 0.6) is 0 Å². The molecule has 8 nitrogen and oxygen atoms in total. The number of aromatic nitrogens is 2. The Labute approximate surface area is 165 Å². The highest BCUT2D eigenvalue weighted by Gasteiger charge is 2.19. The van der Waals surface area contributed by atoms with E-state index >= 15 is 0 Å². The molecule has 1 amide bonds. The molecule has 3 aromatic rings. The molecule has 29 heavy (non-hydrogen) atoms. The lowest BCUT2D eigenvalue weighted by Gasteiger charge is -2.19. The minimum absolute atomic E-state index is 0.0948. The molecular weight excluding hydrogens is 375 g/mol. The Balaban J connectivity index is 1.69. The normalized spacial score (nSPS) is 13.2. The molecule has 1 aromatic heterocycles. The topological polar surface area (TPSA) is 103 Å². The van der Waals surface area contributed by atoms with Crippen LogP contribution < -0.4 is 10.2 Å². The van der Waals surface area contributed by atoms with Crippen LogP contribution in [-0.4, -0.2) is 32.7 Å². The van der Waals surface area contributed by atoms with E-state index in [0.717, 1.165) is 16.0 Å². The predicted octanol–water partition coefficient (Wildman–Crippen LogP) is 4.04. The third-order valence-electron chi connectivity index (χ3n) is 4.35. The van der Waals surface area contributed by atoms with Gasteiger partial charge in [0.15, 0.2) is 5.82 Å². The van der Waals surface area contributed by atoms with Gasteiger partial charge in [0.05, 0.1) is 12.1 Å². The molecule has 2 N–H and O–H groups in total. The summed E-state index contributed by atoms with van der Waals surface area (Å²) in [6, 6.07) is 12.6. The molecule has 0 fully saturated rings. The van der Waals surface area contributed by atoms with Crippen molar-refractivity contribution < 1.29 is 14.3 Å². The molecule has 0 bridgehead atoms. The quantitative estimate of drug-likeness (QED) is 0.697. The Hall–Kier alpha value is -3.88. The number of carbonyl (C=O) groups is 1. The van der Waals surface area contributed by atoms with E-state index in [-0.39, 0.29) is 6.54 Å². The highest BCUT2D eigenvalue weighted by Crippen LogP contribution is 2.23. The van der Waals surface area contributed by atoms with E-state index in [1.807, 2.05) is 31.2 Å².